The average Bonchev–Trinajstić information content (AvgIpc) is 3.37. The molecular formula is C23H19FN4O3. The van der Waals surface area contributed by atoms with Crippen molar-refractivity contribution in [3.05, 3.63) is 89.3 Å². The number of benzene rings is 2. The van der Waals surface area contributed by atoms with E-state index in [1.807, 2.05) is 30.3 Å². The quantitative estimate of drug-likeness (QED) is 0.547. The fraction of sp³-hybridized carbons (Fsp3) is 0.174. The summed E-state index contributed by atoms with van der Waals surface area (Å²) in [4.78, 5) is 14.4. The number of carbonyl (C=O) groups is 1. The molecule has 31 heavy (non-hydrogen) atoms. The van der Waals surface area contributed by atoms with Crippen molar-refractivity contribution in [2.75, 3.05) is 13.6 Å². The molecule has 2 aromatic heterocycles. The largest absolute Gasteiger partial charge is 0.505 e. The number of nitrogens with zero attached hydrogens (tertiary/aromatic N) is 4. The molecule has 1 aliphatic rings. The molecule has 8 heteroatoms. The van der Waals surface area contributed by atoms with Crippen molar-refractivity contribution >= 4 is 5.91 Å². The number of halogens is 1. The Morgan fingerprint density at radius 2 is 1.87 bits per heavy atom. The number of hydrogen-bond donors (Lipinski definition) is 1. The summed E-state index contributed by atoms with van der Waals surface area (Å²) in [6, 6.07) is 15.7. The van der Waals surface area contributed by atoms with Crippen LogP contribution in [-0.4, -0.2) is 44.3 Å². The van der Waals surface area contributed by atoms with Crippen molar-refractivity contribution in [2.24, 2.45) is 0 Å². The number of carbonyl (C=O) groups excluding carboxylic acids is 1. The Bertz CT molecular complexity index is 1250. The third kappa shape index (κ3) is 3.35. The monoisotopic (exact) mass is 418 g/mol. The summed E-state index contributed by atoms with van der Waals surface area (Å²) in [6.45, 7) is 0.475. The van der Waals surface area contributed by atoms with E-state index >= 15 is 0 Å². The SMILES string of the molecule is CN1C[C@H](c2ccccc2)n2cc(-c3nnc(Cc4ccc(F)cc4)o3)c(O)c2C1=O. The molecule has 1 N–H and O–H groups in total. The van der Waals surface area contributed by atoms with Gasteiger partial charge in [-0.05, 0) is 23.3 Å². The molecule has 0 unspecified atom stereocenters. The van der Waals surface area contributed by atoms with E-state index in [-0.39, 0.29) is 35.1 Å². The molecule has 0 saturated heterocycles. The van der Waals surface area contributed by atoms with Crippen LogP contribution in [0.3, 0.4) is 0 Å². The van der Waals surface area contributed by atoms with Gasteiger partial charge in [0.1, 0.15) is 5.82 Å². The molecule has 156 valence electrons. The van der Waals surface area contributed by atoms with Crippen molar-refractivity contribution in [3.63, 3.8) is 0 Å². The lowest BCUT2D eigenvalue weighted by Crippen LogP contribution is -2.40. The molecule has 0 aliphatic carbocycles. The smallest absolute Gasteiger partial charge is 0.274 e. The van der Waals surface area contributed by atoms with Crippen LogP contribution in [-0.2, 0) is 6.42 Å². The zero-order chi connectivity index (χ0) is 21.5. The van der Waals surface area contributed by atoms with E-state index < -0.39 is 0 Å². The molecule has 2 aromatic carbocycles. The van der Waals surface area contributed by atoms with Crippen LogP contribution in [0.25, 0.3) is 11.5 Å². The topological polar surface area (TPSA) is 84.4 Å². The van der Waals surface area contributed by atoms with Crippen LogP contribution < -0.4 is 0 Å². The van der Waals surface area contributed by atoms with Gasteiger partial charge in [-0.3, -0.25) is 4.79 Å². The van der Waals surface area contributed by atoms with Gasteiger partial charge in [-0.25, -0.2) is 4.39 Å². The first kappa shape index (κ1) is 19.0. The molecule has 1 atom stereocenters. The van der Waals surface area contributed by atoms with Gasteiger partial charge in [0.2, 0.25) is 5.89 Å². The standard InChI is InChI=1S/C23H19FN4O3/c1-27-13-18(15-5-3-2-4-6-15)28-12-17(21(29)20(28)23(27)30)22-26-25-19(31-22)11-14-7-9-16(24)10-8-14/h2-10,12,18,29H,11,13H2,1H3/t18-/m1/s1. The normalized spacial score (nSPS) is 15.9. The van der Waals surface area contributed by atoms with Crippen LogP contribution in [0, 0.1) is 5.82 Å². The van der Waals surface area contributed by atoms with Crippen LogP contribution in [0.4, 0.5) is 4.39 Å². The fourth-order valence-corrected chi connectivity index (χ4v) is 3.89. The number of fused-ring (bicyclic) bond motifs is 1. The summed E-state index contributed by atoms with van der Waals surface area (Å²) >= 11 is 0. The molecular weight excluding hydrogens is 399 g/mol. The molecule has 0 bridgehead atoms. The van der Waals surface area contributed by atoms with Gasteiger partial charge >= 0.3 is 0 Å². The second-order valence-electron chi connectivity index (χ2n) is 7.56. The summed E-state index contributed by atoms with van der Waals surface area (Å²) in [5.41, 5.74) is 2.33. The molecule has 5 rings (SSSR count). The summed E-state index contributed by atoms with van der Waals surface area (Å²) in [6.07, 6.45) is 2.01. The van der Waals surface area contributed by atoms with Crippen molar-refractivity contribution in [2.45, 2.75) is 12.5 Å². The maximum Gasteiger partial charge on any atom is 0.274 e. The van der Waals surface area contributed by atoms with E-state index in [9.17, 15) is 14.3 Å². The minimum Gasteiger partial charge on any atom is -0.505 e. The van der Waals surface area contributed by atoms with E-state index in [2.05, 4.69) is 10.2 Å². The number of amides is 1. The second kappa shape index (κ2) is 7.39. The van der Waals surface area contributed by atoms with Crippen LogP contribution in [0.5, 0.6) is 5.75 Å². The highest BCUT2D eigenvalue weighted by Crippen LogP contribution is 2.39. The Balaban J connectivity index is 1.52. The van der Waals surface area contributed by atoms with Gasteiger partial charge in [0.05, 0.1) is 18.0 Å². The zero-order valence-electron chi connectivity index (χ0n) is 16.7. The molecule has 0 fully saturated rings. The van der Waals surface area contributed by atoms with Crippen molar-refractivity contribution in [1.82, 2.24) is 19.7 Å². The number of hydrogen-bond acceptors (Lipinski definition) is 5. The minimum atomic E-state index is -0.318. The van der Waals surface area contributed by atoms with Crippen LogP contribution >= 0.6 is 0 Å². The molecule has 4 aromatic rings. The average molecular weight is 418 g/mol. The van der Waals surface area contributed by atoms with E-state index in [4.69, 9.17) is 4.42 Å². The van der Waals surface area contributed by atoms with Gasteiger partial charge in [0.25, 0.3) is 11.8 Å². The Kier molecular flexibility index (Phi) is 4.54. The predicted octanol–water partition coefficient (Wildman–Crippen LogP) is 3.65. The predicted molar refractivity (Wildman–Crippen MR) is 110 cm³/mol. The first-order chi connectivity index (χ1) is 15.0. The molecule has 1 amide bonds. The first-order valence-corrected chi connectivity index (χ1v) is 9.82. The van der Waals surface area contributed by atoms with Gasteiger partial charge in [-0.15, -0.1) is 10.2 Å². The maximum atomic E-state index is 13.1. The van der Waals surface area contributed by atoms with Crippen LogP contribution in [0.2, 0.25) is 0 Å². The molecule has 0 radical (unpaired) electrons. The third-order valence-corrected chi connectivity index (χ3v) is 5.49. The maximum absolute atomic E-state index is 13.1. The van der Waals surface area contributed by atoms with E-state index in [1.54, 1.807) is 34.8 Å². The van der Waals surface area contributed by atoms with E-state index in [0.29, 0.717) is 24.4 Å². The highest BCUT2D eigenvalue weighted by Gasteiger charge is 2.35. The number of aromatic hydroxyl groups is 1. The number of aromatic nitrogens is 3. The van der Waals surface area contributed by atoms with Crippen molar-refractivity contribution < 1.29 is 18.7 Å². The highest BCUT2D eigenvalue weighted by atomic mass is 19.1. The Morgan fingerprint density at radius 3 is 2.61 bits per heavy atom. The number of likely N-dealkylation sites (N-methyl/N-ethyl adjacent to an activating group) is 1. The number of rotatable bonds is 4. The van der Waals surface area contributed by atoms with Gasteiger partial charge in [-0.2, -0.15) is 0 Å². The Morgan fingerprint density at radius 1 is 1.13 bits per heavy atom. The van der Waals surface area contributed by atoms with Crippen LogP contribution in [0.15, 0.2) is 65.2 Å². The lowest BCUT2D eigenvalue weighted by atomic mass is 10.0. The summed E-state index contributed by atoms with van der Waals surface area (Å²) in [5.74, 6) is -0.328. The molecule has 3 heterocycles. The molecule has 7 nitrogen and oxygen atoms in total. The van der Waals surface area contributed by atoms with Crippen LogP contribution in [0.1, 0.15) is 33.5 Å². The van der Waals surface area contributed by atoms with Gasteiger partial charge < -0.3 is 19.0 Å². The first-order valence-electron chi connectivity index (χ1n) is 9.82. The fourth-order valence-electron chi connectivity index (χ4n) is 3.89. The minimum absolute atomic E-state index is 0.124. The second-order valence-corrected chi connectivity index (χ2v) is 7.56. The zero-order valence-corrected chi connectivity index (χ0v) is 16.7. The summed E-state index contributed by atoms with van der Waals surface area (Å²) < 4.78 is 20.6. The molecule has 1 aliphatic heterocycles. The third-order valence-electron chi connectivity index (χ3n) is 5.49. The van der Waals surface area contributed by atoms with Gasteiger partial charge in [0.15, 0.2) is 11.4 Å². The van der Waals surface area contributed by atoms with Crippen molar-refractivity contribution in [3.8, 4) is 17.2 Å². The van der Waals surface area contributed by atoms with Crippen molar-refractivity contribution in [1.29, 1.82) is 0 Å². The van der Waals surface area contributed by atoms with E-state index in [0.717, 1.165) is 11.1 Å². The van der Waals surface area contributed by atoms with Gasteiger partial charge in [-0.1, -0.05) is 42.5 Å². The Hall–Kier alpha value is -3.94. The summed E-state index contributed by atoms with van der Waals surface area (Å²) in [5, 5.41) is 19.0. The molecule has 0 saturated carbocycles. The highest BCUT2D eigenvalue weighted by molar-refractivity contribution is 5.98. The lowest BCUT2D eigenvalue weighted by Gasteiger charge is -2.32. The summed E-state index contributed by atoms with van der Waals surface area (Å²) in [7, 11) is 1.71. The van der Waals surface area contributed by atoms with E-state index in [1.165, 1.54) is 12.1 Å². The molecule has 0 spiro atoms. The Labute approximate surface area is 177 Å². The van der Waals surface area contributed by atoms with Gasteiger partial charge in [0, 0.05) is 19.8 Å². The lowest BCUT2D eigenvalue weighted by molar-refractivity contribution is 0.0728.